The van der Waals surface area contributed by atoms with Gasteiger partial charge in [0.1, 0.15) is 0 Å². The largest absolute Gasteiger partial charge is 0.368 e. The number of hydrogen-bond donors (Lipinski definition) is 0. The highest BCUT2D eigenvalue weighted by Crippen LogP contribution is 2.32. The molecule has 8 heteroatoms. The summed E-state index contributed by atoms with van der Waals surface area (Å²) in [6.45, 7) is 8.96. The molecular weight excluding hydrogens is 450 g/mol. The molecule has 0 spiro atoms. The zero-order valence-corrected chi connectivity index (χ0v) is 20.3. The van der Waals surface area contributed by atoms with E-state index in [0.717, 1.165) is 54.8 Å². The maximum Gasteiger partial charge on any atom is 0.263 e. The first-order valence-electron chi connectivity index (χ1n) is 11.6. The average molecular weight is 478 g/mol. The number of nitrogens with zero attached hydrogens (tertiary/aromatic N) is 5. The lowest BCUT2D eigenvalue weighted by atomic mass is 10.1. The molecule has 0 saturated carbocycles. The van der Waals surface area contributed by atoms with Crippen LogP contribution in [0, 0.1) is 13.8 Å². The van der Waals surface area contributed by atoms with Crippen LogP contribution < -0.4 is 4.90 Å². The molecule has 2 aliphatic rings. The summed E-state index contributed by atoms with van der Waals surface area (Å²) in [6.07, 6.45) is 0. The Hall–Kier alpha value is -3.16. The van der Waals surface area contributed by atoms with E-state index in [0.29, 0.717) is 24.2 Å². The molecule has 0 aliphatic carbocycles. The maximum absolute atomic E-state index is 13.3. The van der Waals surface area contributed by atoms with Gasteiger partial charge in [0, 0.05) is 50.0 Å². The number of carbonyl (C=O) groups is 2. The molecule has 0 atom stereocenters. The summed E-state index contributed by atoms with van der Waals surface area (Å²) in [5, 5.41) is 5.20. The minimum absolute atomic E-state index is 0.208. The van der Waals surface area contributed by atoms with Crippen molar-refractivity contribution < 1.29 is 9.59 Å². The Labute approximate surface area is 204 Å². The van der Waals surface area contributed by atoms with Gasteiger partial charge in [0.15, 0.2) is 0 Å². The Morgan fingerprint density at radius 2 is 1.65 bits per heavy atom. The maximum atomic E-state index is 13.3. The first-order valence-corrected chi connectivity index (χ1v) is 12.0. The summed E-state index contributed by atoms with van der Waals surface area (Å²) < 4.78 is 1.85. The van der Waals surface area contributed by atoms with Gasteiger partial charge in [0.05, 0.1) is 29.1 Å². The van der Waals surface area contributed by atoms with Gasteiger partial charge in [-0.05, 0) is 49.7 Å². The van der Waals surface area contributed by atoms with E-state index in [1.165, 1.54) is 10.5 Å². The van der Waals surface area contributed by atoms with Crippen LogP contribution in [0.15, 0.2) is 48.5 Å². The second-order valence-corrected chi connectivity index (χ2v) is 9.44. The van der Waals surface area contributed by atoms with Gasteiger partial charge in [0.25, 0.3) is 11.8 Å². The van der Waals surface area contributed by atoms with Gasteiger partial charge in [-0.15, -0.1) is 0 Å². The summed E-state index contributed by atoms with van der Waals surface area (Å²) in [5.74, 6) is -0.425. The topological polar surface area (TPSA) is 61.7 Å². The molecule has 0 unspecified atom stereocenters. The van der Waals surface area contributed by atoms with Crippen molar-refractivity contribution in [3.63, 3.8) is 0 Å². The molecule has 1 aromatic heterocycles. The molecule has 0 N–H and O–H groups in total. The van der Waals surface area contributed by atoms with Crippen molar-refractivity contribution >= 4 is 29.1 Å². The number of piperazine rings is 1. The Bertz CT molecular complexity index is 1230. The lowest BCUT2D eigenvalue weighted by Crippen LogP contribution is -2.46. The van der Waals surface area contributed by atoms with Crippen LogP contribution in [0.5, 0.6) is 0 Å². The predicted molar refractivity (Wildman–Crippen MR) is 132 cm³/mol. The summed E-state index contributed by atoms with van der Waals surface area (Å²) in [7, 11) is 0. The van der Waals surface area contributed by atoms with E-state index in [-0.39, 0.29) is 11.8 Å². The molecule has 7 nitrogen and oxygen atoms in total. The van der Waals surface area contributed by atoms with Gasteiger partial charge in [-0.25, -0.2) is 0 Å². The van der Waals surface area contributed by atoms with Gasteiger partial charge in [0.2, 0.25) is 0 Å². The number of fused-ring (bicyclic) bond motifs is 1. The van der Waals surface area contributed by atoms with E-state index < -0.39 is 0 Å². The van der Waals surface area contributed by atoms with E-state index in [2.05, 4.69) is 27.0 Å². The quantitative estimate of drug-likeness (QED) is 0.506. The third-order valence-corrected chi connectivity index (χ3v) is 6.90. The zero-order chi connectivity index (χ0) is 23.8. The number of hydrogen-bond acceptors (Lipinski definition) is 5. The molecule has 2 amide bonds. The number of aryl methyl sites for hydroxylation is 2. The Morgan fingerprint density at radius 1 is 0.912 bits per heavy atom. The second-order valence-electron chi connectivity index (χ2n) is 9.00. The van der Waals surface area contributed by atoms with E-state index in [9.17, 15) is 9.59 Å². The smallest absolute Gasteiger partial charge is 0.263 e. The van der Waals surface area contributed by atoms with Gasteiger partial charge in [-0.2, -0.15) is 5.10 Å². The van der Waals surface area contributed by atoms with Crippen LogP contribution in [0.25, 0.3) is 0 Å². The summed E-state index contributed by atoms with van der Waals surface area (Å²) in [5.41, 5.74) is 5.07. The Balaban J connectivity index is 1.27. The van der Waals surface area contributed by atoms with Crippen LogP contribution in [-0.4, -0.2) is 64.1 Å². The number of halogens is 1. The fourth-order valence-electron chi connectivity index (χ4n) is 4.87. The second kappa shape index (κ2) is 9.24. The van der Waals surface area contributed by atoms with Gasteiger partial charge in [-0.1, -0.05) is 29.8 Å². The average Bonchev–Trinajstić information content (AvgIpc) is 3.29. The minimum atomic E-state index is -0.218. The van der Waals surface area contributed by atoms with E-state index >= 15 is 0 Å². The number of imide groups is 1. The number of carbonyl (C=O) groups excluding carboxylic acids is 2. The molecule has 2 aliphatic heterocycles. The molecular formula is C26H28ClN5O2. The normalized spacial score (nSPS) is 16.4. The van der Waals surface area contributed by atoms with Gasteiger partial charge >= 0.3 is 0 Å². The fourth-order valence-corrected chi connectivity index (χ4v) is 5.00. The Kier molecular flexibility index (Phi) is 6.15. The van der Waals surface area contributed by atoms with Crippen LogP contribution in [0.3, 0.4) is 0 Å². The highest BCUT2D eigenvalue weighted by atomic mass is 35.5. The zero-order valence-electron chi connectivity index (χ0n) is 19.5. The van der Waals surface area contributed by atoms with Gasteiger partial charge < -0.3 is 4.90 Å². The fraction of sp³-hybridized carbons (Fsp3) is 0.346. The first-order chi connectivity index (χ1) is 16.4. The van der Waals surface area contributed by atoms with Crippen molar-refractivity contribution in [2.45, 2.75) is 26.9 Å². The SMILES string of the molecule is Cc1cc(C)n(CCN2C(=O)c3cccc(N4CCN(Cc5ccc(Cl)cc5)CC4)c3C2=O)n1. The van der Waals surface area contributed by atoms with Crippen LogP contribution in [0.4, 0.5) is 5.69 Å². The number of anilines is 1. The van der Waals surface area contributed by atoms with E-state index in [1.54, 1.807) is 6.07 Å². The lowest BCUT2D eigenvalue weighted by Gasteiger charge is -2.36. The van der Waals surface area contributed by atoms with Crippen molar-refractivity contribution in [1.82, 2.24) is 19.6 Å². The van der Waals surface area contributed by atoms with Crippen molar-refractivity contribution in [1.29, 1.82) is 0 Å². The molecule has 34 heavy (non-hydrogen) atoms. The van der Waals surface area contributed by atoms with E-state index in [1.807, 2.05) is 48.9 Å². The number of benzene rings is 2. The number of rotatable bonds is 6. The number of aromatic nitrogens is 2. The third-order valence-electron chi connectivity index (χ3n) is 6.65. The van der Waals surface area contributed by atoms with Crippen molar-refractivity contribution in [3.8, 4) is 0 Å². The highest BCUT2D eigenvalue weighted by Gasteiger charge is 2.38. The van der Waals surface area contributed by atoms with Crippen molar-refractivity contribution in [2.75, 3.05) is 37.6 Å². The van der Waals surface area contributed by atoms with Crippen LogP contribution in [0.2, 0.25) is 5.02 Å². The summed E-state index contributed by atoms with van der Waals surface area (Å²) in [6, 6.07) is 15.6. The molecule has 3 aromatic rings. The molecule has 5 rings (SSSR count). The highest BCUT2D eigenvalue weighted by molar-refractivity contribution is 6.30. The minimum Gasteiger partial charge on any atom is -0.368 e. The molecule has 3 heterocycles. The predicted octanol–water partition coefficient (Wildman–Crippen LogP) is 3.77. The summed E-state index contributed by atoms with van der Waals surface area (Å²) >= 11 is 6.00. The first kappa shape index (κ1) is 22.6. The molecule has 0 radical (unpaired) electrons. The number of amides is 2. The summed E-state index contributed by atoms with van der Waals surface area (Å²) in [4.78, 5) is 32.4. The monoisotopic (exact) mass is 477 g/mol. The standard InChI is InChI=1S/C26H28ClN5O2/c1-18-16-19(2)32(28-18)15-14-31-25(33)22-4-3-5-23(24(22)26(31)34)30-12-10-29(11-13-30)17-20-6-8-21(27)9-7-20/h3-9,16H,10-15,17H2,1-2H3. The lowest BCUT2D eigenvalue weighted by molar-refractivity contribution is 0.0647. The molecule has 2 aromatic carbocycles. The van der Waals surface area contributed by atoms with E-state index in [4.69, 9.17) is 11.6 Å². The molecule has 176 valence electrons. The third kappa shape index (κ3) is 4.33. The van der Waals surface area contributed by atoms with Crippen molar-refractivity contribution in [3.05, 3.63) is 81.6 Å². The van der Waals surface area contributed by atoms with Crippen LogP contribution >= 0.6 is 11.6 Å². The van der Waals surface area contributed by atoms with Gasteiger partial charge in [-0.3, -0.25) is 24.1 Å². The molecule has 1 fully saturated rings. The Morgan fingerprint density at radius 3 is 2.32 bits per heavy atom. The molecule has 0 bridgehead atoms. The van der Waals surface area contributed by atoms with Crippen molar-refractivity contribution in [2.24, 2.45) is 0 Å². The van der Waals surface area contributed by atoms with Crippen LogP contribution in [-0.2, 0) is 13.1 Å². The van der Waals surface area contributed by atoms with Crippen LogP contribution in [0.1, 0.15) is 37.7 Å². The molecule has 1 saturated heterocycles.